The Balaban J connectivity index is 2.21. The highest BCUT2D eigenvalue weighted by Crippen LogP contribution is 2.24. The van der Waals surface area contributed by atoms with Gasteiger partial charge in [0, 0.05) is 18.1 Å². The van der Waals surface area contributed by atoms with Crippen molar-refractivity contribution in [2.24, 2.45) is 0 Å². The molecule has 2 rings (SSSR count). The molecule has 1 heterocycles. The Labute approximate surface area is 104 Å². The zero-order chi connectivity index (χ0) is 12.4. The van der Waals surface area contributed by atoms with Crippen LogP contribution in [0.5, 0.6) is 5.75 Å². The van der Waals surface area contributed by atoms with Crippen molar-refractivity contribution in [3.63, 3.8) is 0 Å². The number of piperidine rings is 1. The molecule has 1 aliphatic rings. The normalized spacial score (nSPS) is 20.4. The molecule has 0 aliphatic carbocycles. The molecule has 17 heavy (non-hydrogen) atoms. The Kier molecular flexibility index (Phi) is 3.54. The Bertz CT molecular complexity index is 436. The minimum absolute atomic E-state index is 0.0838. The fraction of sp³-hybridized carbons (Fsp3) is 0.417. The lowest BCUT2D eigenvalue weighted by Gasteiger charge is -2.30. The number of likely N-dealkylation sites (tertiary alicyclic amines) is 1. The van der Waals surface area contributed by atoms with Crippen molar-refractivity contribution in [1.82, 2.24) is 4.90 Å². The Morgan fingerprint density at radius 1 is 1.47 bits per heavy atom. The molecule has 5 heteroatoms. The van der Waals surface area contributed by atoms with Crippen molar-refractivity contribution < 1.29 is 15.0 Å². The van der Waals surface area contributed by atoms with Gasteiger partial charge in [-0.3, -0.25) is 4.79 Å². The molecule has 1 unspecified atom stereocenters. The van der Waals surface area contributed by atoms with E-state index in [-0.39, 0.29) is 17.2 Å². The van der Waals surface area contributed by atoms with E-state index >= 15 is 0 Å². The summed E-state index contributed by atoms with van der Waals surface area (Å²) in [6, 6.07) is 4.37. The van der Waals surface area contributed by atoms with Gasteiger partial charge in [-0.05, 0) is 31.0 Å². The third kappa shape index (κ3) is 2.70. The van der Waals surface area contributed by atoms with E-state index in [1.54, 1.807) is 4.90 Å². The van der Waals surface area contributed by atoms with Gasteiger partial charge in [-0.2, -0.15) is 0 Å². The van der Waals surface area contributed by atoms with E-state index < -0.39 is 6.10 Å². The third-order valence-corrected chi connectivity index (χ3v) is 3.11. The third-order valence-electron chi connectivity index (χ3n) is 2.87. The molecule has 92 valence electrons. The van der Waals surface area contributed by atoms with Crippen LogP contribution in [-0.4, -0.2) is 40.2 Å². The Morgan fingerprint density at radius 3 is 2.94 bits per heavy atom. The first kappa shape index (κ1) is 12.2. The van der Waals surface area contributed by atoms with Gasteiger partial charge in [-0.25, -0.2) is 0 Å². The minimum Gasteiger partial charge on any atom is -0.507 e. The van der Waals surface area contributed by atoms with Gasteiger partial charge in [0.1, 0.15) is 5.75 Å². The van der Waals surface area contributed by atoms with E-state index in [2.05, 4.69) is 0 Å². The van der Waals surface area contributed by atoms with Crippen LogP contribution in [0.1, 0.15) is 23.2 Å². The quantitative estimate of drug-likeness (QED) is 0.802. The summed E-state index contributed by atoms with van der Waals surface area (Å²) in [6.07, 6.45) is 1.01. The van der Waals surface area contributed by atoms with E-state index in [9.17, 15) is 15.0 Å². The lowest BCUT2D eigenvalue weighted by atomic mass is 10.1. The zero-order valence-electron chi connectivity index (χ0n) is 9.27. The van der Waals surface area contributed by atoms with Crippen molar-refractivity contribution in [2.75, 3.05) is 13.1 Å². The van der Waals surface area contributed by atoms with Crippen molar-refractivity contribution >= 4 is 17.5 Å². The summed E-state index contributed by atoms with van der Waals surface area (Å²) < 4.78 is 0. The molecule has 1 aromatic rings. The first-order chi connectivity index (χ1) is 8.08. The number of aliphatic hydroxyl groups excluding tert-OH is 1. The second kappa shape index (κ2) is 4.94. The molecule has 1 amide bonds. The molecular weight excluding hydrogens is 242 g/mol. The number of carbonyl (C=O) groups excluding carboxylic acids is 1. The van der Waals surface area contributed by atoms with E-state index in [0.717, 1.165) is 6.42 Å². The molecule has 2 N–H and O–H groups in total. The lowest BCUT2D eigenvalue weighted by molar-refractivity contribution is 0.0471. The minimum atomic E-state index is -0.478. The maximum atomic E-state index is 12.1. The summed E-state index contributed by atoms with van der Waals surface area (Å²) in [5, 5.41) is 19.6. The van der Waals surface area contributed by atoms with Crippen LogP contribution in [0.25, 0.3) is 0 Å². The molecule has 1 aromatic carbocycles. The van der Waals surface area contributed by atoms with Crippen molar-refractivity contribution in [1.29, 1.82) is 0 Å². The fourth-order valence-corrected chi connectivity index (χ4v) is 2.16. The van der Waals surface area contributed by atoms with Crippen LogP contribution in [0, 0.1) is 0 Å². The summed E-state index contributed by atoms with van der Waals surface area (Å²) >= 11 is 5.80. The van der Waals surface area contributed by atoms with Gasteiger partial charge in [0.05, 0.1) is 11.7 Å². The molecule has 1 atom stereocenters. The summed E-state index contributed by atoms with van der Waals surface area (Å²) in [7, 11) is 0. The number of aliphatic hydroxyl groups is 1. The second-order valence-electron chi connectivity index (χ2n) is 4.21. The number of aromatic hydroxyl groups is 1. The highest BCUT2D eigenvalue weighted by atomic mass is 35.5. The number of amides is 1. The van der Waals surface area contributed by atoms with Gasteiger partial charge in [-0.1, -0.05) is 11.6 Å². The number of hydrogen-bond donors (Lipinski definition) is 2. The van der Waals surface area contributed by atoms with E-state index in [1.807, 2.05) is 0 Å². The van der Waals surface area contributed by atoms with Crippen LogP contribution >= 0.6 is 11.6 Å². The van der Waals surface area contributed by atoms with E-state index in [0.29, 0.717) is 24.5 Å². The molecule has 0 aromatic heterocycles. The van der Waals surface area contributed by atoms with Crippen LogP contribution in [0.4, 0.5) is 0 Å². The fourth-order valence-electron chi connectivity index (χ4n) is 1.99. The first-order valence-electron chi connectivity index (χ1n) is 5.54. The number of nitrogens with zero attached hydrogens (tertiary/aromatic N) is 1. The number of benzene rings is 1. The van der Waals surface area contributed by atoms with Gasteiger partial charge in [-0.15, -0.1) is 0 Å². The van der Waals surface area contributed by atoms with Crippen molar-refractivity contribution in [3.8, 4) is 5.75 Å². The summed E-state index contributed by atoms with van der Waals surface area (Å²) in [4.78, 5) is 13.7. The maximum Gasteiger partial charge on any atom is 0.257 e. The zero-order valence-corrected chi connectivity index (χ0v) is 10.0. The number of phenolic OH excluding ortho intramolecular Hbond substituents is 1. The van der Waals surface area contributed by atoms with Gasteiger partial charge in [0.2, 0.25) is 0 Å². The number of carbonyl (C=O) groups is 1. The molecule has 4 nitrogen and oxygen atoms in total. The average Bonchev–Trinajstić information content (AvgIpc) is 2.31. The summed E-state index contributed by atoms with van der Waals surface area (Å²) in [6.45, 7) is 0.909. The Hall–Kier alpha value is -1.26. The SMILES string of the molecule is O=C(c1cc(Cl)ccc1O)N1CCCC(O)C1. The molecule has 0 spiro atoms. The van der Waals surface area contributed by atoms with Crippen LogP contribution in [0.15, 0.2) is 18.2 Å². The van der Waals surface area contributed by atoms with Crippen LogP contribution in [0.2, 0.25) is 5.02 Å². The van der Waals surface area contributed by atoms with Crippen LogP contribution in [0.3, 0.4) is 0 Å². The first-order valence-corrected chi connectivity index (χ1v) is 5.91. The number of halogens is 1. The monoisotopic (exact) mass is 255 g/mol. The summed E-state index contributed by atoms with van der Waals surface area (Å²) in [5.74, 6) is -0.372. The van der Waals surface area contributed by atoms with Gasteiger partial charge in [0.15, 0.2) is 0 Å². The largest absolute Gasteiger partial charge is 0.507 e. The molecule has 0 saturated carbocycles. The number of β-amino-alcohol motifs (C(OH)–C–C–N with tert-alkyl or cyclic N) is 1. The standard InChI is InChI=1S/C12H14ClNO3/c13-8-3-4-11(16)10(6-8)12(17)14-5-1-2-9(15)7-14/h3-4,6,9,15-16H,1-2,5,7H2. The average molecular weight is 256 g/mol. The second-order valence-corrected chi connectivity index (χ2v) is 4.65. The van der Waals surface area contributed by atoms with Gasteiger partial charge in [0.25, 0.3) is 5.91 Å². The predicted octanol–water partition coefficient (Wildman–Crippen LogP) is 1.64. The molecular formula is C12H14ClNO3. The highest BCUT2D eigenvalue weighted by Gasteiger charge is 2.24. The smallest absolute Gasteiger partial charge is 0.257 e. The molecule has 1 saturated heterocycles. The number of hydrogen-bond acceptors (Lipinski definition) is 3. The highest BCUT2D eigenvalue weighted by molar-refractivity contribution is 6.31. The van der Waals surface area contributed by atoms with E-state index in [1.165, 1.54) is 18.2 Å². The number of phenols is 1. The molecule has 0 radical (unpaired) electrons. The van der Waals surface area contributed by atoms with Crippen LogP contribution in [-0.2, 0) is 0 Å². The Morgan fingerprint density at radius 2 is 2.24 bits per heavy atom. The molecule has 1 fully saturated rings. The lowest BCUT2D eigenvalue weighted by Crippen LogP contribution is -2.42. The molecule has 1 aliphatic heterocycles. The van der Waals surface area contributed by atoms with Gasteiger partial charge >= 0.3 is 0 Å². The maximum absolute atomic E-state index is 12.1. The van der Waals surface area contributed by atoms with Gasteiger partial charge < -0.3 is 15.1 Å². The summed E-state index contributed by atoms with van der Waals surface area (Å²) in [5.41, 5.74) is 0.187. The van der Waals surface area contributed by atoms with Crippen LogP contribution < -0.4 is 0 Å². The topological polar surface area (TPSA) is 60.8 Å². The van der Waals surface area contributed by atoms with Crippen molar-refractivity contribution in [2.45, 2.75) is 18.9 Å². The van der Waals surface area contributed by atoms with E-state index in [4.69, 9.17) is 11.6 Å². The number of rotatable bonds is 1. The molecule has 0 bridgehead atoms. The predicted molar refractivity (Wildman–Crippen MR) is 64.3 cm³/mol. The van der Waals surface area contributed by atoms with Crippen molar-refractivity contribution in [3.05, 3.63) is 28.8 Å².